The lowest BCUT2D eigenvalue weighted by atomic mass is 9.82. The highest BCUT2D eigenvalue weighted by molar-refractivity contribution is 6.04. The molecule has 0 amide bonds. The van der Waals surface area contributed by atoms with Crippen LogP contribution in [0.15, 0.2) is 42.6 Å². The fourth-order valence-electron chi connectivity index (χ4n) is 4.71. The monoisotopic (exact) mass is 425 g/mol. The molecule has 3 heterocycles. The molecule has 0 saturated heterocycles. The zero-order valence-electron chi connectivity index (χ0n) is 18.2. The van der Waals surface area contributed by atoms with Crippen LogP contribution in [0.4, 0.5) is 13.2 Å². The smallest absolute Gasteiger partial charge is 0.394 e. The van der Waals surface area contributed by atoms with Gasteiger partial charge < -0.3 is 9.30 Å². The quantitative estimate of drug-likeness (QED) is 0.301. The van der Waals surface area contributed by atoms with Crippen LogP contribution in [-0.2, 0) is 20.5 Å². The average molecular weight is 425 g/mol. The van der Waals surface area contributed by atoms with Crippen LogP contribution in [0.1, 0.15) is 25.0 Å². The molecule has 0 spiro atoms. The molecule has 5 rings (SSSR count). The highest BCUT2D eigenvalue weighted by Crippen LogP contribution is 2.51. The Morgan fingerprint density at radius 3 is 2.48 bits per heavy atom. The second kappa shape index (κ2) is 6.25. The second-order valence-electron chi connectivity index (χ2n) is 9.15. The van der Waals surface area contributed by atoms with Crippen molar-refractivity contribution in [2.75, 3.05) is 0 Å². The Bertz CT molecular complexity index is 1380. The minimum Gasteiger partial charge on any atom is -0.448 e. The summed E-state index contributed by atoms with van der Waals surface area (Å²) in [6.07, 6.45) is -2.59. The molecule has 6 heteroatoms. The van der Waals surface area contributed by atoms with Crippen molar-refractivity contribution < 1.29 is 22.5 Å². The number of halogens is 3. The predicted octanol–water partition coefficient (Wildman–Crippen LogP) is 6.37. The van der Waals surface area contributed by atoms with Crippen molar-refractivity contribution in [3.8, 4) is 22.8 Å². The van der Waals surface area contributed by atoms with Crippen molar-refractivity contribution >= 4 is 21.8 Å². The Labute approximate surface area is 178 Å². The molecule has 1 aliphatic heterocycles. The number of aryl methyl sites for hydroxylation is 3. The molecule has 4 aromatic rings. The number of pyridine rings is 1. The van der Waals surface area contributed by atoms with Gasteiger partial charge in [-0.3, -0.25) is 0 Å². The summed E-state index contributed by atoms with van der Waals surface area (Å²) in [6.45, 7) is 4.54. The van der Waals surface area contributed by atoms with Gasteiger partial charge in [0.05, 0.1) is 27.3 Å². The number of fused-ring (bicyclic) bond motifs is 3. The molecule has 0 N–H and O–H groups in total. The van der Waals surface area contributed by atoms with E-state index < -0.39 is 11.6 Å². The van der Waals surface area contributed by atoms with Crippen LogP contribution in [0.25, 0.3) is 33.1 Å². The first-order chi connectivity index (χ1) is 14.5. The fraction of sp³-hybridized carbons (Fsp3) is 0.320. The molecular weight excluding hydrogens is 401 g/mol. The molecular formula is C25H24F3N2O+. The van der Waals surface area contributed by atoms with E-state index in [0.717, 1.165) is 38.6 Å². The molecule has 0 radical (unpaired) electrons. The number of para-hydroxylation sites is 1. The number of rotatable bonds is 2. The highest BCUT2D eigenvalue weighted by Gasteiger charge is 2.48. The fourth-order valence-corrected chi connectivity index (χ4v) is 4.71. The average Bonchev–Trinajstić information content (AvgIpc) is 3.02. The lowest BCUT2D eigenvalue weighted by molar-refractivity contribution is -0.633. The summed E-state index contributed by atoms with van der Waals surface area (Å²) in [4.78, 5) is 0. The Morgan fingerprint density at radius 1 is 1.06 bits per heavy atom. The van der Waals surface area contributed by atoms with Gasteiger partial charge in [-0.2, -0.15) is 17.7 Å². The third-order valence-corrected chi connectivity index (χ3v) is 6.58. The van der Waals surface area contributed by atoms with Gasteiger partial charge in [0.25, 0.3) is 5.69 Å². The maximum atomic E-state index is 13.9. The van der Waals surface area contributed by atoms with E-state index in [1.165, 1.54) is 13.8 Å². The van der Waals surface area contributed by atoms with Gasteiger partial charge in [-0.25, -0.2) is 0 Å². The van der Waals surface area contributed by atoms with Gasteiger partial charge in [-0.1, -0.05) is 32.0 Å². The van der Waals surface area contributed by atoms with Gasteiger partial charge in [0, 0.05) is 24.9 Å². The van der Waals surface area contributed by atoms with Crippen molar-refractivity contribution in [2.45, 2.75) is 33.4 Å². The normalized spacial score (nSPS) is 13.5. The van der Waals surface area contributed by atoms with E-state index in [4.69, 9.17) is 4.74 Å². The van der Waals surface area contributed by atoms with E-state index in [2.05, 4.69) is 12.1 Å². The van der Waals surface area contributed by atoms with E-state index in [1.54, 1.807) is 0 Å². The maximum absolute atomic E-state index is 13.9. The summed E-state index contributed by atoms with van der Waals surface area (Å²) in [5.41, 5.74) is 3.53. The Hall–Kier alpha value is -3.02. The summed E-state index contributed by atoms with van der Waals surface area (Å²) >= 11 is 0. The first-order valence-electron chi connectivity index (χ1n) is 10.3. The van der Waals surface area contributed by atoms with E-state index in [9.17, 15) is 13.2 Å². The molecule has 0 bridgehead atoms. The summed E-state index contributed by atoms with van der Waals surface area (Å²) in [5.74, 6) is 1.21. The van der Waals surface area contributed by atoms with Crippen molar-refractivity contribution in [3.63, 3.8) is 0 Å². The van der Waals surface area contributed by atoms with E-state index in [1.807, 2.05) is 60.6 Å². The van der Waals surface area contributed by atoms with Crippen LogP contribution in [0.3, 0.4) is 0 Å². The molecule has 0 fully saturated rings. The molecule has 160 valence electrons. The van der Waals surface area contributed by atoms with Crippen LogP contribution in [0.5, 0.6) is 11.5 Å². The third-order valence-electron chi connectivity index (χ3n) is 6.58. The maximum Gasteiger partial charge on any atom is 0.394 e. The molecule has 31 heavy (non-hydrogen) atoms. The van der Waals surface area contributed by atoms with Crippen molar-refractivity contribution in [2.24, 2.45) is 19.5 Å². The number of aromatic nitrogens is 2. The third kappa shape index (κ3) is 2.70. The first kappa shape index (κ1) is 19.9. The SMILES string of the molecule is Cc1ccc2c3c(cn2C)Oc2c(CC(C)(C)C(F)(F)F)c4ccccc4[n+](C)c2-c13. The van der Waals surface area contributed by atoms with Crippen molar-refractivity contribution in [1.29, 1.82) is 0 Å². The summed E-state index contributed by atoms with van der Waals surface area (Å²) in [5, 5.41) is 1.78. The molecule has 2 aromatic carbocycles. The van der Waals surface area contributed by atoms with Gasteiger partial charge in [0.2, 0.25) is 11.3 Å². The number of hydrogen-bond donors (Lipinski definition) is 0. The first-order valence-corrected chi connectivity index (χ1v) is 10.3. The summed E-state index contributed by atoms with van der Waals surface area (Å²) in [6, 6.07) is 11.7. The van der Waals surface area contributed by atoms with E-state index in [-0.39, 0.29) is 6.42 Å². The number of ether oxygens (including phenoxy) is 1. The summed E-state index contributed by atoms with van der Waals surface area (Å²) in [7, 11) is 3.91. The van der Waals surface area contributed by atoms with Crippen molar-refractivity contribution in [1.82, 2.24) is 4.57 Å². The van der Waals surface area contributed by atoms with Gasteiger partial charge >= 0.3 is 6.18 Å². The molecule has 1 aliphatic rings. The summed E-state index contributed by atoms with van der Waals surface area (Å²) < 4.78 is 52.1. The molecule has 0 saturated carbocycles. The van der Waals surface area contributed by atoms with Gasteiger partial charge in [0.1, 0.15) is 7.05 Å². The van der Waals surface area contributed by atoms with E-state index in [0.29, 0.717) is 17.1 Å². The molecule has 0 unspecified atom stereocenters. The van der Waals surface area contributed by atoms with Gasteiger partial charge in [-0.15, -0.1) is 0 Å². The number of hydrogen-bond acceptors (Lipinski definition) is 1. The molecule has 3 nitrogen and oxygen atoms in total. The van der Waals surface area contributed by atoms with Gasteiger partial charge in [-0.05, 0) is 31.0 Å². The number of nitrogens with zero attached hydrogens (tertiary/aromatic N) is 2. The number of benzene rings is 2. The van der Waals surface area contributed by atoms with Crippen LogP contribution < -0.4 is 9.30 Å². The predicted molar refractivity (Wildman–Crippen MR) is 115 cm³/mol. The number of alkyl halides is 3. The largest absolute Gasteiger partial charge is 0.448 e. The van der Waals surface area contributed by atoms with Crippen LogP contribution in [0.2, 0.25) is 0 Å². The lowest BCUT2D eigenvalue weighted by Gasteiger charge is -2.30. The molecule has 0 atom stereocenters. The Balaban J connectivity index is 1.91. The van der Waals surface area contributed by atoms with Crippen LogP contribution in [0, 0.1) is 12.3 Å². The molecule has 0 aliphatic carbocycles. The lowest BCUT2D eigenvalue weighted by Crippen LogP contribution is -2.37. The Morgan fingerprint density at radius 2 is 1.77 bits per heavy atom. The Kier molecular flexibility index (Phi) is 4.01. The molecule has 2 aromatic heterocycles. The van der Waals surface area contributed by atoms with Crippen molar-refractivity contribution in [3.05, 3.63) is 53.7 Å². The zero-order valence-corrected chi connectivity index (χ0v) is 18.2. The zero-order chi connectivity index (χ0) is 22.3. The highest BCUT2D eigenvalue weighted by atomic mass is 19.4. The standard InChI is InChI=1S/C25H24F3N2O/c1-14-10-11-18-21-19(13-29(18)4)31-23-16(12-24(2,3)25(26,27)28)15-8-6-7-9-17(15)30(5)22(23)20(14)21/h6-11,13H,12H2,1-5H3/q+1. The van der Waals surface area contributed by atoms with E-state index >= 15 is 0 Å². The van der Waals surface area contributed by atoms with Crippen LogP contribution in [-0.4, -0.2) is 10.7 Å². The second-order valence-corrected chi connectivity index (χ2v) is 9.15. The van der Waals surface area contributed by atoms with Gasteiger partial charge in [0.15, 0.2) is 5.75 Å². The topological polar surface area (TPSA) is 18.0 Å². The minimum atomic E-state index is -4.33. The van der Waals surface area contributed by atoms with Crippen LogP contribution >= 0.6 is 0 Å². The minimum absolute atomic E-state index is 0.169.